The minimum Gasteiger partial charge on any atom is -0.493 e. The Morgan fingerprint density at radius 2 is 2.00 bits per heavy atom. The summed E-state index contributed by atoms with van der Waals surface area (Å²) in [4.78, 5) is 42.3. The first-order valence-electron chi connectivity index (χ1n) is 6.53. The number of ether oxygens (including phenoxy) is 2. The molecular formula is C13H18FNO7P+. The number of hydrogen-bond acceptors (Lipinski definition) is 7. The molecule has 23 heavy (non-hydrogen) atoms. The van der Waals surface area contributed by atoms with Crippen molar-refractivity contribution in [3.05, 3.63) is 23.5 Å². The Hall–Kier alpha value is -1.80. The van der Waals surface area contributed by atoms with Gasteiger partial charge in [0.2, 0.25) is 0 Å². The summed E-state index contributed by atoms with van der Waals surface area (Å²) in [6, 6.07) is 1.80. The normalized spacial score (nSPS) is 11.2. The summed E-state index contributed by atoms with van der Waals surface area (Å²) in [5.74, 6) is -3.07. The lowest BCUT2D eigenvalue weighted by molar-refractivity contribution is -0.139. The second-order valence-electron chi connectivity index (χ2n) is 4.57. The van der Waals surface area contributed by atoms with E-state index < -0.39 is 37.4 Å². The van der Waals surface area contributed by atoms with Gasteiger partial charge in [0.25, 0.3) is 0 Å². The Morgan fingerprint density at radius 1 is 1.35 bits per heavy atom. The highest BCUT2D eigenvalue weighted by atomic mass is 31.2. The van der Waals surface area contributed by atoms with Crippen LogP contribution in [0.25, 0.3) is 0 Å². The number of benzene rings is 1. The van der Waals surface area contributed by atoms with Crippen LogP contribution < -0.4 is 15.2 Å². The van der Waals surface area contributed by atoms with Crippen molar-refractivity contribution in [3.8, 4) is 11.5 Å². The molecule has 0 aliphatic carbocycles. The highest BCUT2D eigenvalue weighted by Crippen LogP contribution is 2.53. The van der Waals surface area contributed by atoms with E-state index in [0.29, 0.717) is 0 Å². The van der Waals surface area contributed by atoms with Crippen molar-refractivity contribution in [3.63, 3.8) is 0 Å². The molecule has 0 amide bonds. The first-order valence-corrected chi connectivity index (χ1v) is 8.41. The Labute approximate surface area is 132 Å². The van der Waals surface area contributed by atoms with Gasteiger partial charge in [0, 0.05) is 0 Å². The molecule has 1 aromatic carbocycles. The van der Waals surface area contributed by atoms with E-state index in [9.17, 15) is 23.8 Å². The largest absolute Gasteiger partial charge is 0.493 e. The topological polar surface area (TPSA) is 139 Å². The van der Waals surface area contributed by atoms with Crippen molar-refractivity contribution in [1.82, 2.24) is 0 Å². The molecule has 0 saturated carbocycles. The maximum Gasteiger partial charge on any atom is 0.356 e. The van der Waals surface area contributed by atoms with E-state index in [4.69, 9.17) is 20.3 Å². The monoisotopic (exact) mass is 350 g/mol. The lowest BCUT2D eigenvalue weighted by Gasteiger charge is -2.13. The van der Waals surface area contributed by atoms with Crippen LogP contribution in [0.15, 0.2) is 12.1 Å². The van der Waals surface area contributed by atoms with Gasteiger partial charge in [-0.15, -0.1) is 0 Å². The molecule has 0 bridgehead atoms. The van der Waals surface area contributed by atoms with Crippen molar-refractivity contribution in [2.75, 3.05) is 26.4 Å². The third-order valence-electron chi connectivity index (χ3n) is 2.82. The number of aliphatic carboxylic acids is 1. The minimum absolute atomic E-state index is 0.176. The number of methoxy groups -OCH3 is 1. The van der Waals surface area contributed by atoms with E-state index in [-0.39, 0.29) is 30.4 Å². The highest BCUT2D eigenvalue weighted by molar-refractivity contribution is 7.81. The third-order valence-corrected chi connectivity index (χ3v) is 4.66. The fraction of sp³-hybridized carbons (Fsp3) is 0.385. The summed E-state index contributed by atoms with van der Waals surface area (Å²) < 4.78 is 23.7. The molecule has 5 N–H and O–H groups in total. The van der Waals surface area contributed by atoms with Gasteiger partial charge in [0.15, 0.2) is 23.9 Å². The fourth-order valence-electron chi connectivity index (χ4n) is 1.74. The summed E-state index contributed by atoms with van der Waals surface area (Å²) in [6.07, 6.45) is 0.0233. The smallest absolute Gasteiger partial charge is 0.356 e. The molecule has 0 saturated heterocycles. The zero-order valence-corrected chi connectivity index (χ0v) is 13.3. The van der Waals surface area contributed by atoms with E-state index in [1.54, 1.807) is 0 Å². The van der Waals surface area contributed by atoms with Gasteiger partial charge in [0.1, 0.15) is 6.16 Å². The number of hydrogen-bond donors (Lipinski definition) is 4. The maximum absolute atomic E-state index is 14.0. The van der Waals surface area contributed by atoms with Crippen LogP contribution in [0.1, 0.15) is 16.8 Å². The lowest BCUT2D eigenvalue weighted by atomic mass is 10.2. The molecule has 0 aliphatic heterocycles. The van der Waals surface area contributed by atoms with Crippen molar-refractivity contribution in [1.29, 1.82) is 0 Å². The van der Waals surface area contributed by atoms with Crippen LogP contribution in [-0.4, -0.2) is 52.8 Å². The van der Waals surface area contributed by atoms with E-state index in [2.05, 4.69) is 0 Å². The van der Waals surface area contributed by atoms with Gasteiger partial charge in [-0.2, -0.15) is 0 Å². The number of halogens is 1. The highest BCUT2D eigenvalue weighted by Gasteiger charge is 2.44. The van der Waals surface area contributed by atoms with Crippen molar-refractivity contribution >= 4 is 19.2 Å². The standard InChI is InChI=1S/C13H17FNO7P/c1-21-10-6-8(13(18)23(19,20)4-2-3-15)5-9(14)12(10)22-7-11(16)17/h5-6,19-20H,2-4,7,15H2,1H3/p+1. The van der Waals surface area contributed by atoms with Crippen LogP contribution in [0.4, 0.5) is 4.39 Å². The zero-order chi connectivity index (χ0) is 17.6. The van der Waals surface area contributed by atoms with Crippen LogP contribution in [0, 0.1) is 5.82 Å². The molecule has 8 nitrogen and oxygen atoms in total. The molecule has 0 aromatic heterocycles. The molecular weight excluding hydrogens is 332 g/mol. The first-order chi connectivity index (χ1) is 10.7. The van der Waals surface area contributed by atoms with E-state index in [0.717, 1.165) is 12.1 Å². The summed E-state index contributed by atoms with van der Waals surface area (Å²) in [7, 11) is -2.77. The molecule has 1 rings (SSSR count). The predicted molar refractivity (Wildman–Crippen MR) is 80.3 cm³/mol. The molecule has 0 atom stereocenters. The van der Waals surface area contributed by atoms with E-state index in [1.165, 1.54) is 7.11 Å². The summed E-state index contributed by atoms with van der Waals surface area (Å²) in [6.45, 7) is -0.621. The van der Waals surface area contributed by atoms with Gasteiger partial charge < -0.3 is 20.3 Å². The number of carboxylic acid groups (broad SMARTS) is 1. The molecule has 0 fully saturated rings. The van der Waals surface area contributed by atoms with Crippen LogP contribution in [-0.2, 0) is 4.79 Å². The maximum atomic E-state index is 14.0. The molecule has 10 heteroatoms. The summed E-state index contributed by atoms with van der Waals surface area (Å²) in [5.41, 5.74) is 3.93. The second-order valence-corrected chi connectivity index (χ2v) is 6.89. The average Bonchev–Trinajstić information content (AvgIpc) is 2.50. The van der Waals surface area contributed by atoms with Crippen molar-refractivity contribution in [2.24, 2.45) is 5.73 Å². The van der Waals surface area contributed by atoms with Crippen LogP contribution in [0.5, 0.6) is 11.5 Å². The predicted octanol–water partition coefficient (Wildman–Crippen LogP) is 0.619. The quantitative estimate of drug-likeness (QED) is 0.475. The first kappa shape index (κ1) is 19.2. The van der Waals surface area contributed by atoms with Crippen molar-refractivity contribution < 1.29 is 38.3 Å². The number of rotatable bonds is 9. The molecule has 1 aromatic rings. The Bertz CT molecular complexity index is 594. The number of carboxylic acids is 1. The van der Waals surface area contributed by atoms with E-state index in [1.807, 2.05) is 0 Å². The minimum atomic E-state index is -3.94. The van der Waals surface area contributed by atoms with Gasteiger partial charge in [-0.25, -0.2) is 23.8 Å². The SMILES string of the molecule is COc1cc(C(=O)[P+](O)(O)CCCN)cc(F)c1OCC(=O)O. The number of carbonyl (C=O) groups is 2. The zero-order valence-electron chi connectivity index (χ0n) is 12.4. The van der Waals surface area contributed by atoms with Crippen LogP contribution >= 0.6 is 7.72 Å². The van der Waals surface area contributed by atoms with Crippen molar-refractivity contribution in [2.45, 2.75) is 6.42 Å². The Balaban J connectivity index is 3.12. The number of nitrogens with two attached hydrogens (primary N) is 1. The van der Waals surface area contributed by atoms with Gasteiger partial charge >= 0.3 is 19.2 Å². The fourth-order valence-corrected chi connectivity index (χ4v) is 3.11. The molecule has 0 aliphatic rings. The summed E-state index contributed by atoms with van der Waals surface area (Å²) >= 11 is 0. The molecule has 0 spiro atoms. The van der Waals surface area contributed by atoms with Gasteiger partial charge in [-0.3, -0.25) is 0 Å². The summed E-state index contributed by atoms with van der Waals surface area (Å²) in [5, 5.41) is 8.55. The lowest BCUT2D eigenvalue weighted by Crippen LogP contribution is -2.14. The number of carbonyl (C=O) groups excluding carboxylic acids is 1. The Kier molecular flexibility index (Phi) is 6.83. The second kappa shape index (κ2) is 8.16. The van der Waals surface area contributed by atoms with Gasteiger partial charge in [-0.1, -0.05) is 0 Å². The molecule has 0 unspecified atom stereocenters. The van der Waals surface area contributed by atoms with Gasteiger partial charge in [-0.05, 0) is 25.1 Å². The average molecular weight is 350 g/mol. The Morgan fingerprint density at radius 3 is 2.52 bits per heavy atom. The van der Waals surface area contributed by atoms with Crippen LogP contribution in [0.2, 0.25) is 0 Å². The van der Waals surface area contributed by atoms with Gasteiger partial charge in [0.05, 0.1) is 12.7 Å². The molecule has 0 radical (unpaired) electrons. The molecule has 0 heterocycles. The van der Waals surface area contributed by atoms with E-state index >= 15 is 0 Å². The molecule has 128 valence electrons. The van der Waals surface area contributed by atoms with Crippen LogP contribution in [0.3, 0.4) is 0 Å². The third kappa shape index (κ3) is 5.11.